The number of nitrogens with one attached hydrogen (secondary N) is 1. The number of β-amino-alcohol motifs (C(OH)–C–C–N with tert-alkyl or cyclic N) is 1. The highest BCUT2D eigenvalue weighted by atomic mass is 16.5. The van der Waals surface area contributed by atoms with Crippen LogP contribution >= 0.6 is 0 Å². The Bertz CT molecular complexity index is 572. The summed E-state index contributed by atoms with van der Waals surface area (Å²) in [6.07, 6.45) is 1.46. The third kappa shape index (κ3) is 5.13. The molecule has 1 heterocycles. The minimum Gasteiger partial charge on any atom is -0.493 e. The number of guanidine groups is 1. The Morgan fingerprint density at radius 1 is 1.38 bits per heavy atom. The molecule has 0 radical (unpaired) electrons. The summed E-state index contributed by atoms with van der Waals surface area (Å²) >= 11 is 0. The highest BCUT2D eigenvalue weighted by Crippen LogP contribution is 2.23. The van der Waals surface area contributed by atoms with Crippen molar-refractivity contribution in [3.63, 3.8) is 0 Å². The number of benzene rings is 1. The molecule has 0 unspecified atom stereocenters. The molecule has 0 aromatic heterocycles. The maximum atomic E-state index is 9.68. The fraction of sp³-hybridized carbons (Fsp3) is 0.632. The van der Waals surface area contributed by atoms with Gasteiger partial charge in [0.25, 0.3) is 0 Å². The van der Waals surface area contributed by atoms with E-state index in [2.05, 4.69) is 55.0 Å². The number of hydrogen-bond acceptors (Lipinski definition) is 3. The van der Waals surface area contributed by atoms with Crippen LogP contribution in [0.1, 0.15) is 36.5 Å². The Morgan fingerprint density at radius 2 is 2.17 bits per heavy atom. The molecular weight excluding hydrogens is 302 g/mol. The van der Waals surface area contributed by atoms with E-state index in [-0.39, 0.29) is 6.10 Å². The molecule has 2 rings (SSSR count). The van der Waals surface area contributed by atoms with E-state index in [0.29, 0.717) is 13.2 Å². The summed E-state index contributed by atoms with van der Waals surface area (Å²) in [4.78, 5) is 6.79. The van der Waals surface area contributed by atoms with Crippen molar-refractivity contribution in [3.8, 4) is 5.75 Å². The van der Waals surface area contributed by atoms with E-state index in [0.717, 1.165) is 44.2 Å². The fourth-order valence-corrected chi connectivity index (χ4v) is 2.94. The van der Waals surface area contributed by atoms with Crippen LogP contribution in [0.4, 0.5) is 0 Å². The Kier molecular flexibility index (Phi) is 6.91. The van der Waals surface area contributed by atoms with Crippen LogP contribution in [0.25, 0.3) is 0 Å². The predicted octanol–water partition coefficient (Wildman–Crippen LogP) is 2.41. The average molecular weight is 333 g/mol. The van der Waals surface area contributed by atoms with Crippen molar-refractivity contribution in [1.82, 2.24) is 10.2 Å². The molecule has 5 heteroatoms. The Hall–Kier alpha value is -1.75. The molecule has 0 aliphatic carbocycles. The number of ether oxygens (including phenoxy) is 1. The van der Waals surface area contributed by atoms with Crippen LogP contribution in [0.15, 0.2) is 17.1 Å². The molecule has 1 aliphatic rings. The molecule has 1 aliphatic heterocycles. The number of aliphatic hydroxyl groups excluding tert-OH is 1. The second-order valence-corrected chi connectivity index (χ2v) is 6.53. The highest BCUT2D eigenvalue weighted by Gasteiger charge is 2.22. The van der Waals surface area contributed by atoms with Crippen LogP contribution in [-0.4, -0.2) is 54.9 Å². The summed E-state index contributed by atoms with van der Waals surface area (Å²) in [6, 6.07) is 4.28. The van der Waals surface area contributed by atoms with Gasteiger partial charge in [-0.2, -0.15) is 0 Å². The first-order chi connectivity index (χ1) is 11.5. The van der Waals surface area contributed by atoms with Gasteiger partial charge in [0.2, 0.25) is 0 Å². The van der Waals surface area contributed by atoms with Gasteiger partial charge in [0.15, 0.2) is 5.96 Å². The van der Waals surface area contributed by atoms with E-state index in [9.17, 15) is 5.11 Å². The summed E-state index contributed by atoms with van der Waals surface area (Å²) in [5.74, 6) is 1.88. The Labute approximate surface area is 145 Å². The second-order valence-electron chi connectivity index (χ2n) is 6.53. The first-order valence-electron chi connectivity index (χ1n) is 8.93. The van der Waals surface area contributed by atoms with Gasteiger partial charge < -0.3 is 20.1 Å². The molecule has 1 aromatic carbocycles. The standard InChI is InChI=1S/C19H31N3O2/c1-5-20-19(22-9-7-17(23)13-22)21-8-6-10-24-18-12-14(2)11-15(3)16(18)4/h11-12,17,23H,5-10,13H2,1-4H3,(H,20,21)/t17-/m1/s1. The largest absolute Gasteiger partial charge is 0.493 e. The first kappa shape index (κ1) is 18.6. The van der Waals surface area contributed by atoms with Gasteiger partial charge in [-0.15, -0.1) is 0 Å². The average Bonchev–Trinajstić information content (AvgIpc) is 2.96. The van der Waals surface area contributed by atoms with E-state index in [1.54, 1.807) is 0 Å². The van der Waals surface area contributed by atoms with Crippen molar-refractivity contribution < 1.29 is 9.84 Å². The zero-order chi connectivity index (χ0) is 17.5. The van der Waals surface area contributed by atoms with Crippen LogP contribution in [0.3, 0.4) is 0 Å². The van der Waals surface area contributed by atoms with Gasteiger partial charge in [0, 0.05) is 32.6 Å². The summed E-state index contributed by atoms with van der Waals surface area (Å²) < 4.78 is 5.94. The normalized spacial score (nSPS) is 18.1. The number of aryl methyl sites for hydroxylation is 2. The van der Waals surface area contributed by atoms with Crippen LogP contribution in [0.5, 0.6) is 5.75 Å². The van der Waals surface area contributed by atoms with Gasteiger partial charge in [-0.1, -0.05) is 6.07 Å². The Morgan fingerprint density at radius 3 is 2.83 bits per heavy atom. The number of aliphatic hydroxyl groups is 1. The zero-order valence-corrected chi connectivity index (χ0v) is 15.4. The van der Waals surface area contributed by atoms with E-state index in [4.69, 9.17) is 4.74 Å². The van der Waals surface area contributed by atoms with Crippen molar-refractivity contribution in [2.24, 2.45) is 4.99 Å². The molecule has 24 heavy (non-hydrogen) atoms. The lowest BCUT2D eigenvalue weighted by Gasteiger charge is -2.21. The lowest BCUT2D eigenvalue weighted by molar-refractivity contribution is 0.187. The van der Waals surface area contributed by atoms with E-state index in [1.807, 2.05) is 0 Å². The molecule has 5 nitrogen and oxygen atoms in total. The summed E-state index contributed by atoms with van der Waals surface area (Å²) in [5.41, 5.74) is 3.71. The van der Waals surface area contributed by atoms with Crippen molar-refractivity contribution in [3.05, 3.63) is 28.8 Å². The summed E-state index contributed by atoms with van der Waals surface area (Å²) in [5, 5.41) is 13.0. The maximum Gasteiger partial charge on any atom is 0.194 e. The van der Waals surface area contributed by atoms with Gasteiger partial charge in [-0.3, -0.25) is 4.99 Å². The monoisotopic (exact) mass is 333 g/mol. The van der Waals surface area contributed by atoms with Gasteiger partial charge >= 0.3 is 0 Å². The molecule has 0 spiro atoms. The van der Waals surface area contributed by atoms with Crippen LogP contribution in [-0.2, 0) is 0 Å². The van der Waals surface area contributed by atoms with E-state index >= 15 is 0 Å². The molecule has 0 bridgehead atoms. The van der Waals surface area contributed by atoms with Gasteiger partial charge in [0.05, 0.1) is 12.7 Å². The number of aliphatic imine (C=N–C) groups is 1. The SMILES string of the molecule is CCNC(=NCCCOc1cc(C)cc(C)c1C)N1CC[C@@H](O)C1. The fourth-order valence-electron chi connectivity index (χ4n) is 2.94. The summed E-state index contributed by atoms with van der Waals surface area (Å²) in [7, 11) is 0. The summed E-state index contributed by atoms with van der Waals surface area (Å²) in [6.45, 7) is 12.1. The number of rotatable bonds is 6. The minimum absolute atomic E-state index is 0.232. The molecule has 0 saturated carbocycles. The predicted molar refractivity (Wildman–Crippen MR) is 98.9 cm³/mol. The van der Waals surface area contributed by atoms with Crippen LogP contribution in [0, 0.1) is 20.8 Å². The van der Waals surface area contributed by atoms with Gasteiger partial charge in [-0.25, -0.2) is 0 Å². The van der Waals surface area contributed by atoms with Crippen molar-refractivity contribution in [2.45, 2.75) is 46.6 Å². The molecule has 1 aromatic rings. The van der Waals surface area contributed by atoms with Crippen molar-refractivity contribution in [1.29, 1.82) is 0 Å². The van der Waals surface area contributed by atoms with Gasteiger partial charge in [-0.05, 0) is 56.9 Å². The molecular formula is C19H31N3O2. The molecule has 2 N–H and O–H groups in total. The smallest absolute Gasteiger partial charge is 0.194 e. The second kappa shape index (κ2) is 8.92. The van der Waals surface area contributed by atoms with Crippen molar-refractivity contribution in [2.75, 3.05) is 32.8 Å². The molecule has 1 atom stereocenters. The molecule has 1 fully saturated rings. The molecule has 134 valence electrons. The first-order valence-corrected chi connectivity index (χ1v) is 8.93. The van der Waals surface area contributed by atoms with Crippen LogP contribution in [0.2, 0.25) is 0 Å². The lowest BCUT2D eigenvalue weighted by Crippen LogP contribution is -2.40. The highest BCUT2D eigenvalue weighted by molar-refractivity contribution is 5.80. The number of hydrogen-bond donors (Lipinski definition) is 2. The zero-order valence-electron chi connectivity index (χ0n) is 15.4. The van der Waals surface area contributed by atoms with Crippen LogP contribution < -0.4 is 10.1 Å². The number of likely N-dealkylation sites (tertiary alicyclic amines) is 1. The molecule has 0 amide bonds. The van der Waals surface area contributed by atoms with E-state index in [1.165, 1.54) is 16.7 Å². The third-order valence-corrected chi connectivity index (χ3v) is 4.38. The third-order valence-electron chi connectivity index (χ3n) is 4.38. The number of nitrogens with zero attached hydrogens (tertiary/aromatic N) is 2. The Balaban J connectivity index is 1.82. The van der Waals surface area contributed by atoms with E-state index < -0.39 is 0 Å². The minimum atomic E-state index is -0.232. The lowest BCUT2D eigenvalue weighted by atomic mass is 10.1. The van der Waals surface area contributed by atoms with Crippen molar-refractivity contribution >= 4 is 5.96 Å². The maximum absolute atomic E-state index is 9.68. The molecule has 1 saturated heterocycles. The topological polar surface area (TPSA) is 57.1 Å². The quantitative estimate of drug-likeness (QED) is 0.477. The van der Waals surface area contributed by atoms with Gasteiger partial charge in [0.1, 0.15) is 5.75 Å².